The molecule has 0 unspecified atom stereocenters. The van der Waals surface area contributed by atoms with Gasteiger partial charge in [-0.1, -0.05) is 0 Å². The molecule has 0 aromatic carbocycles. The van der Waals surface area contributed by atoms with Gasteiger partial charge in [0.2, 0.25) is 0 Å². The summed E-state index contributed by atoms with van der Waals surface area (Å²) in [5, 5.41) is 3.02. The molecule has 1 N–H and O–H groups in total. The second-order valence-electron chi connectivity index (χ2n) is 2.40. The smallest absolute Gasteiger partial charge is 0.139 e. The summed E-state index contributed by atoms with van der Waals surface area (Å²) in [5.74, 6) is 0.866. The van der Waals surface area contributed by atoms with E-state index >= 15 is 0 Å². The average Bonchev–Trinajstić information content (AvgIpc) is 2.48. The van der Waals surface area contributed by atoms with Gasteiger partial charge in [-0.2, -0.15) is 0 Å². The van der Waals surface area contributed by atoms with Crippen molar-refractivity contribution in [3.8, 4) is 0 Å². The molecule has 0 fully saturated rings. The van der Waals surface area contributed by atoms with Crippen LogP contribution in [-0.4, -0.2) is 20.7 Å². The summed E-state index contributed by atoms with van der Waals surface area (Å²) in [6.07, 6.45) is 1.56. The van der Waals surface area contributed by atoms with Gasteiger partial charge in [0.25, 0.3) is 0 Å². The Hall–Kier alpha value is -0.720. The number of aromatic nitrogens is 2. The van der Waals surface area contributed by atoms with Gasteiger partial charge in [0, 0.05) is 7.05 Å². The van der Waals surface area contributed by atoms with Crippen LogP contribution in [0.1, 0.15) is 11.3 Å². The van der Waals surface area contributed by atoms with Crippen LogP contribution in [0.4, 0.5) is 5.82 Å². The van der Waals surface area contributed by atoms with Crippen molar-refractivity contribution in [1.29, 1.82) is 0 Å². The molecule has 4 nitrogen and oxygen atoms in total. The van der Waals surface area contributed by atoms with Crippen LogP contribution in [0.5, 0.6) is 0 Å². The number of aliphatic imine (C=N–C) groups is 1. The quantitative estimate of drug-likeness (QED) is 0.783. The molecule has 1 aromatic rings. The van der Waals surface area contributed by atoms with E-state index in [0.717, 1.165) is 20.8 Å². The maximum atomic E-state index is 4.27. The van der Waals surface area contributed by atoms with Crippen molar-refractivity contribution in [2.24, 2.45) is 4.99 Å². The third-order valence-corrected chi connectivity index (χ3v) is 2.62. The monoisotopic (exact) mass is 274 g/mol. The molecular formula is C7H7IN4. The fourth-order valence-corrected chi connectivity index (χ4v) is 1.91. The van der Waals surface area contributed by atoms with Crippen molar-refractivity contribution in [2.45, 2.75) is 6.54 Å². The summed E-state index contributed by atoms with van der Waals surface area (Å²) < 4.78 is 0.993. The molecule has 0 radical (unpaired) electrons. The van der Waals surface area contributed by atoms with Crippen molar-refractivity contribution in [1.82, 2.24) is 9.97 Å². The van der Waals surface area contributed by atoms with Crippen LogP contribution in [0.25, 0.3) is 0 Å². The summed E-state index contributed by atoms with van der Waals surface area (Å²) in [6.45, 7) is 0.685. The highest BCUT2D eigenvalue weighted by Crippen LogP contribution is 2.25. The number of anilines is 1. The van der Waals surface area contributed by atoms with Crippen molar-refractivity contribution in [3.05, 3.63) is 17.6 Å². The van der Waals surface area contributed by atoms with E-state index in [1.807, 2.05) is 7.05 Å². The molecular weight excluding hydrogens is 267 g/mol. The zero-order valence-corrected chi connectivity index (χ0v) is 8.66. The van der Waals surface area contributed by atoms with E-state index in [-0.39, 0.29) is 0 Å². The molecule has 1 aliphatic rings. The first-order valence-corrected chi connectivity index (χ1v) is 4.62. The van der Waals surface area contributed by atoms with E-state index in [0.29, 0.717) is 6.54 Å². The second kappa shape index (κ2) is 2.96. The molecule has 0 saturated heterocycles. The lowest BCUT2D eigenvalue weighted by Crippen LogP contribution is -2.02. The van der Waals surface area contributed by atoms with Gasteiger partial charge in [-0.3, -0.25) is 4.99 Å². The molecule has 0 atom stereocenters. The Labute approximate surface area is 83.7 Å². The van der Waals surface area contributed by atoms with Gasteiger partial charge in [-0.05, 0) is 22.6 Å². The summed E-state index contributed by atoms with van der Waals surface area (Å²) >= 11 is 2.20. The zero-order chi connectivity index (χ0) is 8.55. The number of hydrogen-bond acceptors (Lipinski definition) is 4. The van der Waals surface area contributed by atoms with Crippen LogP contribution in [0.3, 0.4) is 0 Å². The fourth-order valence-electron chi connectivity index (χ4n) is 1.17. The summed E-state index contributed by atoms with van der Waals surface area (Å²) in [6, 6.07) is 0. The number of rotatable bonds is 1. The topological polar surface area (TPSA) is 50.2 Å². The lowest BCUT2D eigenvalue weighted by Gasteiger charge is -2.03. The molecule has 0 aliphatic carbocycles. The molecule has 2 heterocycles. The highest BCUT2D eigenvalue weighted by Gasteiger charge is 2.18. The van der Waals surface area contributed by atoms with E-state index in [9.17, 15) is 0 Å². The summed E-state index contributed by atoms with van der Waals surface area (Å²) in [5.41, 5.74) is 2.07. The maximum absolute atomic E-state index is 4.27. The normalized spacial score (nSPS) is 14.0. The number of halogens is 1. The Kier molecular flexibility index (Phi) is 1.95. The minimum Gasteiger partial charge on any atom is -0.372 e. The van der Waals surface area contributed by atoms with Crippen LogP contribution in [0.2, 0.25) is 0 Å². The van der Waals surface area contributed by atoms with Crippen LogP contribution in [-0.2, 0) is 6.54 Å². The average molecular weight is 274 g/mol. The lowest BCUT2D eigenvalue weighted by molar-refractivity contribution is 0.994. The van der Waals surface area contributed by atoms with Gasteiger partial charge in [0.1, 0.15) is 15.9 Å². The molecule has 62 valence electrons. The first-order chi connectivity index (χ1) is 5.83. The summed E-state index contributed by atoms with van der Waals surface area (Å²) in [7, 11) is 1.85. The molecule has 0 spiro atoms. The predicted molar refractivity (Wildman–Crippen MR) is 55.8 cm³/mol. The molecule has 1 aliphatic heterocycles. The molecule has 0 saturated carbocycles. The van der Waals surface area contributed by atoms with Crippen molar-refractivity contribution in [3.63, 3.8) is 0 Å². The standard InChI is InChI=1S/C7H7IN4/c1-9-7-5-4(11-3-12-7)2-10-6(5)8/h3H,2H2,1H3,(H,9,11,12). The number of fused-ring (bicyclic) bond motifs is 1. The fraction of sp³-hybridized carbons (Fsp3) is 0.286. The van der Waals surface area contributed by atoms with Crippen molar-refractivity contribution >= 4 is 32.1 Å². The Bertz CT molecular complexity index is 347. The number of nitrogens with zero attached hydrogens (tertiary/aromatic N) is 3. The van der Waals surface area contributed by atoms with Gasteiger partial charge < -0.3 is 5.32 Å². The van der Waals surface area contributed by atoms with Gasteiger partial charge in [0.15, 0.2) is 0 Å². The van der Waals surface area contributed by atoms with Gasteiger partial charge >= 0.3 is 0 Å². The third-order valence-electron chi connectivity index (χ3n) is 1.74. The molecule has 1 aromatic heterocycles. The first kappa shape index (κ1) is 7.90. The Morgan fingerprint density at radius 1 is 1.50 bits per heavy atom. The van der Waals surface area contributed by atoms with Gasteiger partial charge in [0.05, 0.1) is 17.8 Å². The SMILES string of the molecule is CNc1ncnc2c1C(I)=NC2. The highest BCUT2D eigenvalue weighted by molar-refractivity contribution is 14.1. The van der Waals surface area contributed by atoms with Gasteiger partial charge in [-0.15, -0.1) is 0 Å². The van der Waals surface area contributed by atoms with Gasteiger partial charge in [-0.25, -0.2) is 9.97 Å². The van der Waals surface area contributed by atoms with Crippen LogP contribution < -0.4 is 5.32 Å². The minimum absolute atomic E-state index is 0.685. The van der Waals surface area contributed by atoms with E-state index in [1.165, 1.54) is 0 Å². The largest absolute Gasteiger partial charge is 0.372 e. The molecule has 0 amide bonds. The molecule has 12 heavy (non-hydrogen) atoms. The van der Waals surface area contributed by atoms with E-state index in [4.69, 9.17) is 0 Å². The zero-order valence-electron chi connectivity index (χ0n) is 6.50. The number of hydrogen-bond donors (Lipinski definition) is 1. The molecule has 2 rings (SSSR count). The Morgan fingerprint density at radius 2 is 2.33 bits per heavy atom. The van der Waals surface area contributed by atoms with Crippen LogP contribution in [0.15, 0.2) is 11.3 Å². The van der Waals surface area contributed by atoms with Crippen LogP contribution >= 0.6 is 22.6 Å². The second-order valence-corrected chi connectivity index (χ2v) is 3.42. The highest BCUT2D eigenvalue weighted by atomic mass is 127. The Morgan fingerprint density at radius 3 is 3.08 bits per heavy atom. The third kappa shape index (κ3) is 1.08. The number of nitrogens with one attached hydrogen (secondary N) is 1. The predicted octanol–water partition coefficient (Wildman–Crippen LogP) is 1.21. The first-order valence-electron chi connectivity index (χ1n) is 3.55. The van der Waals surface area contributed by atoms with Crippen molar-refractivity contribution in [2.75, 3.05) is 12.4 Å². The molecule has 5 heteroatoms. The van der Waals surface area contributed by atoms with E-state index in [2.05, 4.69) is 42.9 Å². The lowest BCUT2D eigenvalue weighted by atomic mass is 10.2. The summed E-state index contributed by atoms with van der Waals surface area (Å²) in [4.78, 5) is 12.5. The van der Waals surface area contributed by atoms with E-state index in [1.54, 1.807) is 6.33 Å². The van der Waals surface area contributed by atoms with Crippen molar-refractivity contribution < 1.29 is 0 Å². The molecule has 0 bridgehead atoms. The Balaban J connectivity index is 2.60. The van der Waals surface area contributed by atoms with Crippen LogP contribution in [0, 0.1) is 0 Å². The van der Waals surface area contributed by atoms with E-state index < -0.39 is 0 Å². The minimum atomic E-state index is 0.685. The maximum Gasteiger partial charge on any atom is 0.139 e.